The van der Waals surface area contributed by atoms with Crippen molar-refractivity contribution in [3.8, 4) is 17.0 Å². The summed E-state index contributed by atoms with van der Waals surface area (Å²) in [4.78, 5) is 16.6. The molecule has 0 amide bonds. The Morgan fingerprint density at radius 3 is 2.90 bits per heavy atom. The van der Waals surface area contributed by atoms with Crippen molar-refractivity contribution in [1.29, 1.82) is 0 Å². The fourth-order valence-corrected chi connectivity index (χ4v) is 3.31. The highest BCUT2D eigenvalue weighted by molar-refractivity contribution is 7.15. The monoisotopic (exact) mass is 302 g/mol. The van der Waals surface area contributed by atoms with Gasteiger partial charge in [0.15, 0.2) is 4.96 Å². The van der Waals surface area contributed by atoms with Crippen molar-refractivity contribution < 1.29 is 14.6 Å². The minimum absolute atomic E-state index is 0.0773. The lowest BCUT2D eigenvalue weighted by Crippen LogP contribution is -2.05. The van der Waals surface area contributed by atoms with E-state index in [9.17, 15) is 9.90 Å². The number of aromatic nitrogens is 2. The maximum absolute atomic E-state index is 11.2. The van der Waals surface area contributed by atoms with Crippen LogP contribution in [0.4, 0.5) is 0 Å². The number of nitrogens with zero attached hydrogens (tertiary/aromatic N) is 2. The number of aryl methyl sites for hydroxylation is 1. The summed E-state index contributed by atoms with van der Waals surface area (Å²) in [6.07, 6.45) is -0.0773. The van der Waals surface area contributed by atoms with Gasteiger partial charge in [-0.1, -0.05) is 12.1 Å². The van der Waals surface area contributed by atoms with Crippen LogP contribution in [0.1, 0.15) is 11.4 Å². The Morgan fingerprint density at radius 2 is 2.19 bits per heavy atom. The van der Waals surface area contributed by atoms with Gasteiger partial charge in [0, 0.05) is 16.6 Å². The number of para-hydroxylation sites is 1. The van der Waals surface area contributed by atoms with Crippen molar-refractivity contribution in [3.05, 3.63) is 41.0 Å². The number of rotatable bonds is 4. The van der Waals surface area contributed by atoms with Crippen molar-refractivity contribution >= 4 is 22.3 Å². The topological polar surface area (TPSA) is 63.8 Å². The number of fused-ring (bicyclic) bond motifs is 1. The standard InChI is InChI=1S/C15H14N2O3S/c1-9-8-21-15-16-14(11(17(9)15)7-13(18)19)10-5-3-4-6-12(10)20-2/h3-6,8H,7H2,1-2H3,(H,18,19). The van der Waals surface area contributed by atoms with Crippen LogP contribution in [-0.2, 0) is 11.2 Å². The number of carboxylic acids is 1. The molecule has 0 aliphatic carbocycles. The zero-order valence-corrected chi connectivity index (χ0v) is 12.5. The van der Waals surface area contributed by atoms with Crippen molar-refractivity contribution in [1.82, 2.24) is 9.38 Å². The van der Waals surface area contributed by atoms with Crippen LogP contribution in [0, 0.1) is 6.92 Å². The molecule has 2 aromatic heterocycles. The molecule has 3 aromatic rings. The fourth-order valence-electron chi connectivity index (χ4n) is 2.43. The number of benzene rings is 1. The Morgan fingerprint density at radius 1 is 1.43 bits per heavy atom. The highest BCUT2D eigenvalue weighted by atomic mass is 32.1. The van der Waals surface area contributed by atoms with Gasteiger partial charge in [-0.25, -0.2) is 4.98 Å². The van der Waals surface area contributed by atoms with E-state index in [-0.39, 0.29) is 6.42 Å². The maximum Gasteiger partial charge on any atom is 0.309 e. The molecular weight excluding hydrogens is 288 g/mol. The van der Waals surface area contributed by atoms with Crippen LogP contribution in [-0.4, -0.2) is 27.6 Å². The van der Waals surface area contributed by atoms with E-state index >= 15 is 0 Å². The SMILES string of the molecule is COc1ccccc1-c1nc2scc(C)n2c1CC(=O)O. The van der Waals surface area contributed by atoms with Gasteiger partial charge < -0.3 is 9.84 Å². The van der Waals surface area contributed by atoms with Gasteiger partial charge in [-0.2, -0.15) is 0 Å². The van der Waals surface area contributed by atoms with Gasteiger partial charge in [-0.15, -0.1) is 11.3 Å². The summed E-state index contributed by atoms with van der Waals surface area (Å²) in [5.74, 6) is -0.189. The molecule has 0 saturated heterocycles. The number of imidazole rings is 1. The number of carbonyl (C=O) groups is 1. The normalized spacial score (nSPS) is 11.0. The van der Waals surface area contributed by atoms with E-state index in [1.54, 1.807) is 7.11 Å². The molecule has 108 valence electrons. The second-order valence-corrected chi connectivity index (χ2v) is 5.51. The third kappa shape index (κ3) is 2.27. The lowest BCUT2D eigenvalue weighted by molar-refractivity contribution is -0.136. The molecule has 0 radical (unpaired) electrons. The second-order valence-electron chi connectivity index (χ2n) is 4.67. The fraction of sp³-hybridized carbons (Fsp3) is 0.200. The van der Waals surface area contributed by atoms with Crippen molar-refractivity contribution in [2.24, 2.45) is 0 Å². The smallest absolute Gasteiger partial charge is 0.309 e. The molecule has 3 rings (SSSR count). The molecule has 0 aliphatic heterocycles. The number of hydrogen-bond acceptors (Lipinski definition) is 4. The summed E-state index contributed by atoms with van der Waals surface area (Å²) < 4.78 is 7.27. The molecule has 0 unspecified atom stereocenters. The van der Waals surface area contributed by atoms with Gasteiger partial charge in [0.25, 0.3) is 0 Å². The summed E-state index contributed by atoms with van der Waals surface area (Å²) in [7, 11) is 1.60. The molecular formula is C15H14N2O3S. The van der Waals surface area contributed by atoms with Crippen molar-refractivity contribution in [2.75, 3.05) is 7.11 Å². The number of carboxylic acid groups (broad SMARTS) is 1. The number of thiazole rings is 1. The molecule has 1 aromatic carbocycles. The Labute approximate surface area is 125 Å². The zero-order chi connectivity index (χ0) is 15.0. The van der Waals surface area contributed by atoms with E-state index in [0.717, 1.165) is 16.2 Å². The largest absolute Gasteiger partial charge is 0.496 e. The third-order valence-electron chi connectivity index (χ3n) is 3.31. The van der Waals surface area contributed by atoms with Crippen LogP contribution in [0.2, 0.25) is 0 Å². The molecule has 0 spiro atoms. The van der Waals surface area contributed by atoms with Crippen LogP contribution in [0.15, 0.2) is 29.6 Å². The average molecular weight is 302 g/mol. The minimum atomic E-state index is -0.876. The molecule has 21 heavy (non-hydrogen) atoms. The first-order valence-corrected chi connectivity index (χ1v) is 7.30. The molecule has 6 heteroatoms. The Hall–Kier alpha value is -2.34. The third-order valence-corrected chi connectivity index (χ3v) is 4.25. The van der Waals surface area contributed by atoms with E-state index in [4.69, 9.17) is 4.74 Å². The van der Waals surface area contributed by atoms with Crippen molar-refractivity contribution in [2.45, 2.75) is 13.3 Å². The van der Waals surface area contributed by atoms with E-state index in [1.165, 1.54) is 11.3 Å². The summed E-state index contributed by atoms with van der Waals surface area (Å²) in [6, 6.07) is 7.51. The minimum Gasteiger partial charge on any atom is -0.496 e. The van der Waals surface area contributed by atoms with Crippen molar-refractivity contribution in [3.63, 3.8) is 0 Å². The van der Waals surface area contributed by atoms with E-state index in [1.807, 2.05) is 41.0 Å². The van der Waals surface area contributed by atoms with Crippen LogP contribution in [0.3, 0.4) is 0 Å². The second kappa shape index (κ2) is 5.21. The predicted octanol–water partition coefficient (Wildman–Crippen LogP) is 3.01. The van der Waals surface area contributed by atoms with E-state index in [0.29, 0.717) is 17.1 Å². The quantitative estimate of drug-likeness (QED) is 0.804. The lowest BCUT2D eigenvalue weighted by atomic mass is 10.1. The molecule has 0 fully saturated rings. The maximum atomic E-state index is 11.2. The predicted molar refractivity (Wildman–Crippen MR) is 81.1 cm³/mol. The molecule has 0 saturated carbocycles. The van der Waals surface area contributed by atoms with Gasteiger partial charge in [-0.3, -0.25) is 9.20 Å². The number of methoxy groups -OCH3 is 1. The van der Waals surface area contributed by atoms with E-state index < -0.39 is 5.97 Å². The van der Waals surface area contributed by atoms with Gasteiger partial charge in [0.1, 0.15) is 5.75 Å². The highest BCUT2D eigenvalue weighted by Gasteiger charge is 2.20. The summed E-state index contributed by atoms with van der Waals surface area (Å²) in [5.41, 5.74) is 3.15. The van der Waals surface area contributed by atoms with Gasteiger partial charge >= 0.3 is 5.97 Å². The molecule has 1 N–H and O–H groups in total. The first kappa shape index (κ1) is 13.6. The molecule has 5 nitrogen and oxygen atoms in total. The molecule has 0 atom stereocenters. The van der Waals surface area contributed by atoms with Gasteiger partial charge in [0.05, 0.1) is 24.9 Å². The summed E-state index contributed by atoms with van der Waals surface area (Å²) >= 11 is 1.50. The van der Waals surface area contributed by atoms with Crippen LogP contribution in [0.5, 0.6) is 5.75 Å². The molecule has 0 aliphatic rings. The first-order chi connectivity index (χ1) is 10.1. The first-order valence-electron chi connectivity index (χ1n) is 6.42. The van der Waals surface area contributed by atoms with Gasteiger partial charge in [0.2, 0.25) is 0 Å². The Kier molecular flexibility index (Phi) is 3.39. The van der Waals surface area contributed by atoms with Crippen LogP contribution < -0.4 is 4.74 Å². The summed E-state index contributed by atoms with van der Waals surface area (Å²) in [6.45, 7) is 1.95. The number of hydrogen-bond donors (Lipinski definition) is 1. The van der Waals surface area contributed by atoms with Crippen LogP contribution >= 0.6 is 11.3 Å². The zero-order valence-electron chi connectivity index (χ0n) is 11.7. The lowest BCUT2D eigenvalue weighted by Gasteiger charge is -2.08. The number of aliphatic carboxylic acids is 1. The Balaban J connectivity index is 2.28. The van der Waals surface area contributed by atoms with E-state index in [2.05, 4.69) is 4.98 Å². The average Bonchev–Trinajstić information content (AvgIpc) is 3.00. The van der Waals surface area contributed by atoms with Crippen LogP contribution in [0.25, 0.3) is 16.2 Å². The summed E-state index contributed by atoms with van der Waals surface area (Å²) in [5, 5.41) is 11.2. The molecule has 0 bridgehead atoms. The Bertz CT molecular complexity index is 820. The molecule has 2 heterocycles. The highest BCUT2D eigenvalue weighted by Crippen LogP contribution is 2.34. The van der Waals surface area contributed by atoms with Gasteiger partial charge in [-0.05, 0) is 19.1 Å². The number of ether oxygens (including phenoxy) is 1.